The van der Waals surface area contributed by atoms with Crippen LogP contribution in [0.25, 0.3) is 0 Å². The molecule has 0 unspecified atom stereocenters. The van der Waals surface area contributed by atoms with Gasteiger partial charge in [0.25, 0.3) is 17.7 Å². The summed E-state index contributed by atoms with van der Waals surface area (Å²) in [5.74, 6) is 6.49. The number of carbonyl (C=O) groups is 2. The number of nitrogens with one attached hydrogen (secondary N) is 3. The second-order valence-electron chi connectivity index (χ2n) is 6.78. The molecule has 1 heterocycles. The third kappa shape index (κ3) is 5.86. The fourth-order valence-electron chi connectivity index (χ4n) is 2.82. The molecule has 33 heavy (non-hydrogen) atoms. The minimum atomic E-state index is -2.73. The summed E-state index contributed by atoms with van der Waals surface area (Å²) in [6.45, 7) is 0.272. The summed E-state index contributed by atoms with van der Waals surface area (Å²) in [4.78, 5) is 32.6. The summed E-state index contributed by atoms with van der Waals surface area (Å²) in [6, 6.07) is 16.0. The van der Waals surface area contributed by atoms with Crippen LogP contribution in [0.1, 0.15) is 37.7 Å². The van der Waals surface area contributed by atoms with Crippen molar-refractivity contribution in [1.29, 1.82) is 0 Å². The lowest BCUT2D eigenvalue weighted by molar-refractivity contribution is -0.185. The average molecular weight is 450 g/mol. The van der Waals surface area contributed by atoms with Crippen LogP contribution in [0.3, 0.4) is 0 Å². The monoisotopic (exact) mass is 450 g/mol. The van der Waals surface area contributed by atoms with Gasteiger partial charge in [-0.1, -0.05) is 54.6 Å². The molecule has 2 aromatic carbocycles. The first-order chi connectivity index (χ1) is 15.8. The van der Waals surface area contributed by atoms with E-state index in [1.54, 1.807) is 0 Å². The molecule has 0 bridgehead atoms. The summed E-state index contributed by atoms with van der Waals surface area (Å²) in [5, 5.41) is 28.9. The van der Waals surface area contributed by atoms with E-state index in [4.69, 9.17) is 11.7 Å². The third-order valence-electron chi connectivity index (χ3n) is 4.54. The number of hydrogen-bond donors (Lipinski definition) is 7. The Hall–Kier alpha value is -4.39. The van der Waals surface area contributed by atoms with Crippen LogP contribution in [0.4, 0.5) is 0 Å². The number of hydrazine groups is 1. The van der Waals surface area contributed by atoms with E-state index in [-0.39, 0.29) is 29.3 Å². The highest BCUT2D eigenvalue weighted by atomic mass is 16.5. The van der Waals surface area contributed by atoms with E-state index in [0.717, 1.165) is 18.0 Å². The van der Waals surface area contributed by atoms with Gasteiger partial charge in [-0.3, -0.25) is 14.9 Å². The molecule has 9 N–H and O–H groups in total. The molecule has 3 rings (SSSR count). The number of hydrazone groups is 1. The van der Waals surface area contributed by atoms with Crippen LogP contribution < -0.4 is 27.7 Å². The van der Waals surface area contributed by atoms with Crippen LogP contribution in [0.15, 0.2) is 72.1 Å². The van der Waals surface area contributed by atoms with Gasteiger partial charge in [0.15, 0.2) is 5.84 Å². The molecule has 1 aromatic heterocycles. The van der Waals surface area contributed by atoms with Crippen LogP contribution >= 0.6 is 0 Å². The van der Waals surface area contributed by atoms with Crippen molar-refractivity contribution >= 4 is 17.6 Å². The van der Waals surface area contributed by atoms with Gasteiger partial charge in [-0.25, -0.2) is 15.8 Å². The highest BCUT2D eigenvalue weighted by Crippen LogP contribution is 2.17. The van der Waals surface area contributed by atoms with Crippen molar-refractivity contribution in [2.45, 2.75) is 12.5 Å². The molecule has 0 aliphatic carbocycles. The first kappa shape index (κ1) is 23.3. The maximum atomic E-state index is 12.5. The van der Waals surface area contributed by atoms with Crippen molar-refractivity contribution in [3.8, 4) is 0 Å². The van der Waals surface area contributed by atoms with E-state index < -0.39 is 17.7 Å². The SMILES string of the molecule is N/N=C(\NN)c1ccc(C(O)(O)NC(=O)c2cc(C(=O)NCc3ccccc3)ncn2)cc1. The molecule has 0 aliphatic heterocycles. The van der Waals surface area contributed by atoms with E-state index in [0.29, 0.717) is 5.56 Å². The molecule has 170 valence electrons. The van der Waals surface area contributed by atoms with E-state index >= 15 is 0 Å². The van der Waals surface area contributed by atoms with Crippen molar-refractivity contribution in [3.63, 3.8) is 0 Å². The molecule has 0 radical (unpaired) electrons. The first-order valence-corrected chi connectivity index (χ1v) is 9.61. The normalized spacial score (nSPS) is 11.5. The Balaban J connectivity index is 1.68. The summed E-state index contributed by atoms with van der Waals surface area (Å²) < 4.78 is 0. The Kier molecular flexibility index (Phi) is 7.25. The smallest absolute Gasteiger partial charge is 0.275 e. The Morgan fingerprint density at radius 2 is 1.61 bits per heavy atom. The Labute approximate surface area is 188 Å². The molecule has 0 atom stereocenters. The Morgan fingerprint density at radius 3 is 2.21 bits per heavy atom. The number of nitrogens with two attached hydrogens (primary N) is 2. The van der Waals surface area contributed by atoms with Crippen molar-refractivity contribution in [1.82, 2.24) is 26.0 Å². The van der Waals surface area contributed by atoms with Crippen LogP contribution in [0, 0.1) is 0 Å². The molecule has 0 fully saturated rings. The minimum Gasteiger partial charge on any atom is -0.347 e. The number of amidine groups is 1. The van der Waals surface area contributed by atoms with Gasteiger partial charge in [-0.05, 0) is 5.56 Å². The molecule has 0 saturated heterocycles. The summed E-state index contributed by atoms with van der Waals surface area (Å²) in [7, 11) is 0. The van der Waals surface area contributed by atoms with Gasteiger partial charge in [0.2, 0.25) is 0 Å². The highest BCUT2D eigenvalue weighted by molar-refractivity contribution is 5.98. The number of carbonyl (C=O) groups excluding carboxylic acids is 2. The molecular formula is C21H22N8O4. The number of rotatable bonds is 7. The van der Waals surface area contributed by atoms with Gasteiger partial charge in [0.05, 0.1) is 0 Å². The van der Waals surface area contributed by atoms with Crippen molar-refractivity contribution in [3.05, 3.63) is 95.1 Å². The number of aliphatic hydroxyl groups is 2. The lowest BCUT2D eigenvalue weighted by Crippen LogP contribution is -2.46. The minimum absolute atomic E-state index is 0.0529. The van der Waals surface area contributed by atoms with Crippen molar-refractivity contribution in [2.75, 3.05) is 0 Å². The Morgan fingerprint density at radius 1 is 0.970 bits per heavy atom. The standard InChI is InChI=1S/C21H22N8O4/c22-28-18(29-23)14-6-8-15(9-7-14)21(32,33)27-20(31)17-10-16(25-12-26-17)19(30)24-11-13-4-2-1-3-5-13/h1-10,12,32-33H,11,22-23H2,(H,24,30)(H,27,31)(H,28,29). The molecule has 0 spiro atoms. The zero-order chi connectivity index (χ0) is 23.8. The van der Waals surface area contributed by atoms with Gasteiger partial charge in [0, 0.05) is 23.7 Å². The first-order valence-electron chi connectivity index (χ1n) is 9.61. The topological polar surface area (TPSA) is 201 Å². The van der Waals surface area contributed by atoms with Crippen molar-refractivity contribution < 1.29 is 19.8 Å². The lowest BCUT2D eigenvalue weighted by Gasteiger charge is -2.23. The summed E-state index contributed by atoms with van der Waals surface area (Å²) >= 11 is 0. The number of benzene rings is 2. The largest absolute Gasteiger partial charge is 0.347 e. The van der Waals surface area contributed by atoms with Crippen LogP contribution in [-0.4, -0.2) is 37.8 Å². The van der Waals surface area contributed by atoms with Crippen LogP contribution in [0.2, 0.25) is 0 Å². The van der Waals surface area contributed by atoms with E-state index in [2.05, 4.69) is 25.8 Å². The molecule has 12 heteroatoms. The van der Waals surface area contributed by atoms with Gasteiger partial charge in [0.1, 0.15) is 17.7 Å². The number of aromatic nitrogens is 2. The number of amides is 2. The van der Waals surface area contributed by atoms with Crippen LogP contribution in [-0.2, 0) is 12.5 Å². The average Bonchev–Trinajstić information content (AvgIpc) is 2.84. The fraction of sp³-hybridized carbons (Fsp3) is 0.0952. The van der Waals surface area contributed by atoms with Gasteiger partial charge >= 0.3 is 0 Å². The quantitative estimate of drug-likeness (QED) is 0.0776. The third-order valence-corrected chi connectivity index (χ3v) is 4.54. The number of hydrogen-bond acceptors (Lipinski definition) is 9. The van der Waals surface area contributed by atoms with Gasteiger partial charge in [-0.2, -0.15) is 5.10 Å². The number of nitrogens with zero attached hydrogens (tertiary/aromatic N) is 3. The second-order valence-corrected chi connectivity index (χ2v) is 6.78. The Bertz CT molecular complexity index is 1150. The van der Waals surface area contributed by atoms with Gasteiger partial charge < -0.3 is 26.8 Å². The summed E-state index contributed by atoms with van der Waals surface area (Å²) in [5.41, 5.74) is 3.32. The molecule has 0 saturated carbocycles. The second kappa shape index (κ2) is 10.3. The van der Waals surface area contributed by atoms with E-state index in [1.807, 2.05) is 35.6 Å². The highest BCUT2D eigenvalue weighted by Gasteiger charge is 2.29. The molecule has 12 nitrogen and oxygen atoms in total. The van der Waals surface area contributed by atoms with Crippen LogP contribution in [0.5, 0.6) is 0 Å². The lowest BCUT2D eigenvalue weighted by atomic mass is 10.1. The zero-order valence-corrected chi connectivity index (χ0v) is 17.3. The predicted octanol–water partition coefficient (Wildman–Crippen LogP) is -0.985. The summed E-state index contributed by atoms with van der Waals surface area (Å²) in [6.07, 6.45) is 1.03. The maximum absolute atomic E-state index is 12.5. The van der Waals surface area contributed by atoms with E-state index in [1.165, 1.54) is 24.3 Å². The molecular weight excluding hydrogens is 428 g/mol. The molecule has 0 aliphatic rings. The maximum Gasteiger partial charge on any atom is 0.275 e. The molecule has 3 aromatic rings. The molecule has 2 amide bonds. The van der Waals surface area contributed by atoms with E-state index in [9.17, 15) is 19.8 Å². The van der Waals surface area contributed by atoms with Gasteiger partial charge in [-0.15, -0.1) is 0 Å². The zero-order valence-electron chi connectivity index (χ0n) is 17.3. The predicted molar refractivity (Wildman–Crippen MR) is 118 cm³/mol. The van der Waals surface area contributed by atoms with Crippen molar-refractivity contribution in [2.24, 2.45) is 16.8 Å². The fourth-order valence-corrected chi connectivity index (χ4v) is 2.82.